The summed E-state index contributed by atoms with van der Waals surface area (Å²) in [7, 11) is 1.61. The fourth-order valence-electron chi connectivity index (χ4n) is 2.39. The molecule has 0 bridgehead atoms. The van der Waals surface area contributed by atoms with Crippen LogP contribution >= 0.6 is 0 Å². The zero-order valence-corrected chi connectivity index (χ0v) is 12.4. The first-order valence-corrected chi connectivity index (χ1v) is 7.33. The second kappa shape index (κ2) is 7.89. The Hall–Kier alpha value is -1.56. The number of nitrogens with one attached hydrogen (secondary N) is 1. The molecule has 1 aliphatic heterocycles. The average Bonchev–Trinajstić information content (AvgIpc) is 2.49. The van der Waals surface area contributed by atoms with Gasteiger partial charge in [-0.05, 0) is 32.9 Å². The zero-order chi connectivity index (χ0) is 14.2. The maximum atomic E-state index is 5.76. The van der Waals surface area contributed by atoms with Gasteiger partial charge in [-0.25, -0.2) is 4.98 Å². The van der Waals surface area contributed by atoms with Gasteiger partial charge < -0.3 is 14.8 Å². The molecular formula is C14H24N4O2. The second-order valence-corrected chi connectivity index (χ2v) is 4.84. The summed E-state index contributed by atoms with van der Waals surface area (Å²) in [4.78, 5) is 10.8. The van der Waals surface area contributed by atoms with Crippen LogP contribution in [0.5, 0.6) is 11.6 Å². The van der Waals surface area contributed by atoms with Crippen molar-refractivity contribution in [3.63, 3.8) is 0 Å². The van der Waals surface area contributed by atoms with Gasteiger partial charge in [-0.1, -0.05) is 6.42 Å². The maximum Gasteiger partial charge on any atom is 0.262 e. The van der Waals surface area contributed by atoms with E-state index in [0.717, 1.165) is 13.1 Å². The number of methoxy groups -OCH3 is 1. The molecule has 0 unspecified atom stereocenters. The number of anilines is 1. The highest BCUT2D eigenvalue weighted by Crippen LogP contribution is 2.30. The SMILES string of the molecule is CCNc1ncnc(OCCN2CCCCC2)c1OC. The van der Waals surface area contributed by atoms with Crippen molar-refractivity contribution < 1.29 is 9.47 Å². The first kappa shape index (κ1) is 14.8. The summed E-state index contributed by atoms with van der Waals surface area (Å²) in [5, 5.41) is 3.14. The van der Waals surface area contributed by atoms with Crippen molar-refractivity contribution in [2.45, 2.75) is 26.2 Å². The molecule has 0 atom stereocenters. The summed E-state index contributed by atoms with van der Waals surface area (Å²) < 4.78 is 11.1. The molecule has 0 aromatic carbocycles. The standard InChI is InChI=1S/C14H24N4O2/c1-3-15-13-12(19-2)14(17-11-16-13)20-10-9-18-7-5-4-6-8-18/h11H,3-10H2,1-2H3,(H,15,16,17). The highest BCUT2D eigenvalue weighted by Gasteiger charge is 2.14. The van der Waals surface area contributed by atoms with Gasteiger partial charge in [0, 0.05) is 13.1 Å². The number of likely N-dealkylation sites (tertiary alicyclic amines) is 1. The van der Waals surface area contributed by atoms with E-state index in [0.29, 0.717) is 24.1 Å². The second-order valence-electron chi connectivity index (χ2n) is 4.84. The molecule has 2 rings (SSSR count). The van der Waals surface area contributed by atoms with Gasteiger partial charge in [0.25, 0.3) is 5.88 Å². The smallest absolute Gasteiger partial charge is 0.262 e. The lowest BCUT2D eigenvalue weighted by atomic mass is 10.1. The Morgan fingerprint density at radius 3 is 2.75 bits per heavy atom. The lowest BCUT2D eigenvalue weighted by molar-refractivity contribution is 0.177. The quantitative estimate of drug-likeness (QED) is 0.821. The van der Waals surface area contributed by atoms with Gasteiger partial charge in [-0.2, -0.15) is 4.98 Å². The van der Waals surface area contributed by atoms with Gasteiger partial charge in [0.15, 0.2) is 5.82 Å². The van der Waals surface area contributed by atoms with Gasteiger partial charge in [-0.15, -0.1) is 0 Å². The third-order valence-electron chi connectivity index (χ3n) is 3.41. The van der Waals surface area contributed by atoms with Crippen molar-refractivity contribution in [2.24, 2.45) is 0 Å². The van der Waals surface area contributed by atoms with E-state index >= 15 is 0 Å². The molecule has 0 amide bonds. The molecule has 6 nitrogen and oxygen atoms in total. The molecule has 1 aromatic heterocycles. The number of hydrogen-bond acceptors (Lipinski definition) is 6. The Labute approximate surface area is 120 Å². The first-order valence-electron chi connectivity index (χ1n) is 7.33. The van der Waals surface area contributed by atoms with Crippen LogP contribution in [0.4, 0.5) is 5.82 Å². The number of hydrogen-bond donors (Lipinski definition) is 1. The van der Waals surface area contributed by atoms with Gasteiger partial charge in [0.2, 0.25) is 5.75 Å². The summed E-state index contributed by atoms with van der Waals surface area (Å²) in [6, 6.07) is 0. The Morgan fingerprint density at radius 1 is 1.25 bits per heavy atom. The predicted molar refractivity (Wildman–Crippen MR) is 78.5 cm³/mol. The molecule has 0 spiro atoms. The number of nitrogens with zero attached hydrogens (tertiary/aromatic N) is 3. The molecule has 0 radical (unpaired) electrons. The van der Waals surface area contributed by atoms with E-state index < -0.39 is 0 Å². The molecule has 1 aromatic rings. The zero-order valence-electron chi connectivity index (χ0n) is 12.4. The van der Waals surface area contributed by atoms with E-state index in [9.17, 15) is 0 Å². The van der Waals surface area contributed by atoms with Gasteiger partial charge in [-0.3, -0.25) is 4.90 Å². The monoisotopic (exact) mass is 280 g/mol. The van der Waals surface area contributed by atoms with Crippen molar-refractivity contribution in [3.05, 3.63) is 6.33 Å². The topological polar surface area (TPSA) is 59.5 Å². The fourth-order valence-corrected chi connectivity index (χ4v) is 2.39. The Balaban J connectivity index is 1.89. The van der Waals surface area contributed by atoms with Crippen LogP contribution in [0.3, 0.4) is 0 Å². The molecule has 20 heavy (non-hydrogen) atoms. The van der Waals surface area contributed by atoms with E-state index in [2.05, 4.69) is 20.2 Å². The van der Waals surface area contributed by atoms with Crippen LogP contribution in [0.25, 0.3) is 0 Å². The van der Waals surface area contributed by atoms with Crippen molar-refractivity contribution in [1.82, 2.24) is 14.9 Å². The minimum Gasteiger partial charge on any atom is -0.489 e. The Morgan fingerprint density at radius 2 is 2.05 bits per heavy atom. The summed E-state index contributed by atoms with van der Waals surface area (Å²) in [5.41, 5.74) is 0. The number of piperidine rings is 1. The van der Waals surface area contributed by atoms with Crippen molar-refractivity contribution in [1.29, 1.82) is 0 Å². The molecule has 1 saturated heterocycles. The molecule has 1 aliphatic rings. The average molecular weight is 280 g/mol. The minimum atomic E-state index is 0.510. The summed E-state index contributed by atoms with van der Waals surface area (Å²) in [6.07, 6.45) is 5.43. The van der Waals surface area contributed by atoms with Crippen molar-refractivity contribution >= 4 is 5.82 Å². The number of aromatic nitrogens is 2. The van der Waals surface area contributed by atoms with Gasteiger partial charge in [0.1, 0.15) is 12.9 Å². The first-order chi connectivity index (χ1) is 9.85. The molecular weight excluding hydrogens is 256 g/mol. The van der Waals surface area contributed by atoms with E-state index in [4.69, 9.17) is 9.47 Å². The highest BCUT2D eigenvalue weighted by atomic mass is 16.5. The van der Waals surface area contributed by atoms with Crippen molar-refractivity contribution in [2.75, 3.05) is 45.2 Å². The minimum absolute atomic E-state index is 0.510. The fraction of sp³-hybridized carbons (Fsp3) is 0.714. The normalized spacial score (nSPS) is 15.9. The lowest BCUT2D eigenvalue weighted by Crippen LogP contribution is -2.33. The highest BCUT2D eigenvalue weighted by molar-refractivity contribution is 5.54. The van der Waals surface area contributed by atoms with E-state index in [-0.39, 0.29) is 0 Å². The predicted octanol–water partition coefficient (Wildman–Crippen LogP) is 1.78. The lowest BCUT2D eigenvalue weighted by Gasteiger charge is -2.26. The van der Waals surface area contributed by atoms with Crippen LogP contribution in [0.1, 0.15) is 26.2 Å². The summed E-state index contributed by atoms with van der Waals surface area (Å²) in [5.74, 6) is 1.77. The van der Waals surface area contributed by atoms with E-state index in [1.54, 1.807) is 7.11 Å². The van der Waals surface area contributed by atoms with Crippen LogP contribution in [0.2, 0.25) is 0 Å². The van der Waals surface area contributed by atoms with E-state index in [1.807, 2.05) is 6.92 Å². The van der Waals surface area contributed by atoms with Gasteiger partial charge in [0.05, 0.1) is 7.11 Å². The molecule has 0 aliphatic carbocycles. The molecule has 0 saturated carbocycles. The van der Waals surface area contributed by atoms with Crippen LogP contribution in [-0.2, 0) is 0 Å². The molecule has 1 fully saturated rings. The molecule has 6 heteroatoms. The number of rotatable bonds is 7. The molecule has 2 heterocycles. The Kier molecular flexibility index (Phi) is 5.86. The van der Waals surface area contributed by atoms with Crippen LogP contribution in [-0.4, -0.2) is 54.8 Å². The molecule has 1 N–H and O–H groups in total. The van der Waals surface area contributed by atoms with Crippen LogP contribution in [0, 0.1) is 0 Å². The third-order valence-corrected chi connectivity index (χ3v) is 3.41. The van der Waals surface area contributed by atoms with Crippen LogP contribution < -0.4 is 14.8 Å². The molecule has 112 valence electrons. The largest absolute Gasteiger partial charge is 0.489 e. The van der Waals surface area contributed by atoms with Gasteiger partial charge >= 0.3 is 0 Å². The van der Waals surface area contributed by atoms with E-state index in [1.165, 1.54) is 38.7 Å². The van der Waals surface area contributed by atoms with Crippen molar-refractivity contribution in [3.8, 4) is 11.6 Å². The maximum absolute atomic E-state index is 5.76. The number of ether oxygens (including phenoxy) is 2. The third kappa shape index (κ3) is 3.96. The van der Waals surface area contributed by atoms with Crippen LogP contribution in [0.15, 0.2) is 6.33 Å². The Bertz CT molecular complexity index is 408. The summed E-state index contributed by atoms with van der Waals surface area (Å²) in [6.45, 7) is 6.70. The summed E-state index contributed by atoms with van der Waals surface area (Å²) >= 11 is 0.